The van der Waals surface area contributed by atoms with E-state index in [1.165, 1.54) is 17.3 Å². The Morgan fingerprint density at radius 3 is 2.57 bits per heavy atom. The van der Waals surface area contributed by atoms with Crippen molar-refractivity contribution >= 4 is 48.1 Å². The zero-order chi connectivity index (χ0) is 23.4. The van der Waals surface area contributed by atoms with Crippen LogP contribution in [0.25, 0.3) is 0 Å². The molecule has 2 atom stereocenters. The van der Waals surface area contributed by atoms with Gasteiger partial charge in [0, 0.05) is 63.6 Å². The minimum atomic E-state index is -0.634. The number of rotatable bonds is 7. The third-order valence-electron chi connectivity index (χ3n) is 6.57. The van der Waals surface area contributed by atoms with Gasteiger partial charge in [0.05, 0.1) is 6.10 Å². The highest BCUT2D eigenvalue weighted by molar-refractivity contribution is 6.35. The number of halogens is 3. The smallest absolute Gasteiger partial charge is 0.233 e. The molecule has 7 nitrogen and oxygen atoms in total. The van der Waals surface area contributed by atoms with E-state index in [-0.39, 0.29) is 66.0 Å². The molecule has 0 unspecified atom stereocenters. The number of aliphatic hydroxyl groups excluding tert-OH is 1. The summed E-state index contributed by atoms with van der Waals surface area (Å²) in [6.07, 6.45) is 3.44. The van der Waals surface area contributed by atoms with E-state index in [1.54, 1.807) is 17.9 Å². The molecule has 0 spiro atoms. The van der Waals surface area contributed by atoms with Crippen LogP contribution in [0.4, 0.5) is 0 Å². The Hall–Kier alpha value is -1.90. The predicted octanol–water partition coefficient (Wildman–Crippen LogP) is 4.01. The number of pyridine rings is 1. The second-order valence-corrected chi connectivity index (χ2v) is 9.17. The quantitative estimate of drug-likeness (QED) is 0.512. The van der Waals surface area contributed by atoms with Crippen molar-refractivity contribution in [2.75, 3.05) is 13.1 Å². The number of fused-ring (bicyclic) bond motifs is 1. The van der Waals surface area contributed by atoms with Gasteiger partial charge in [-0.15, -0.1) is 24.8 Å². The van der Waals surface area contributed by atoms with Gasteiger partial charge in [-0.25, -0.2) is 4.98 Å². The Balaban J connectivity index is 0.00000216. The van der Waals surface area contributed by atoms with E-state index in [0.717, 1.165) is 6.42 Å². The Morgan fingerprint density at radius 1 is 1.20 bits per heavy atom. The van der Waals surface area contributed by atoms with Crippen molar-refractivity contribution in [3.63, 3.8) is 0 Å². The Bertz CT molecular complexity index is 1020. The lowest BCUT2D eigenvalue weighted by Crippen LogP contribution is -2.44. The highest BCUT2D eigenvalue weighted by Crippen LogP contribution is 2.30. The van der Waals surface area contributed by atoms with Gasteiger partial charge >= 0.3 is 0 Å². The van der Waals surface area contributed by atoms with Crippen LogP contribution in [-0.4, -0.2) is 58.0 Å². The predicted molar refractivity (Wildman–Crippen MR) is 140 cm³/mol. The summed E-state index contributed by atoms with van der Waals surface area (Å²) in [5.74, 6) is 0.163. The molecule has 1 aromatic carbocycles. The van der Waals surface area contributed by atoms with Gasteiger partial charge in [-0.3, -0.25) is 9.59 Å². The number of ketones is 1. The first-order valence-corrected chi connectivity index (χ1v) is 11.9. The molecule has 0 saturated carbocycles. The number of aliphatic hydroxyl groups is 1. The fourth-order valence-corrected chi connectivity index (χ4v) is 4.80. The van der Waals surface area contributed by atoms with Crippen LogP contribution >= 0.6 is 36.4 Å². The fraction of sp³-hybridized carbons (Fsp3) is 0.480. The average molecular weight is 545 g/mol. The molecule has 1 saturated heterocycles. The van der Waals surface area contributed by atoms with Crippen LogP contribution < -0.4 is 10.1 Å². The van der Waals surface area contributed by atoms with Crippen LogP contribution in [0, 0.1) is 0 Å². The van der Waals surface area contributed by atoms with Crippen LogP contribution in [-0.2, 0) is 17.8 Å². The number of carbonyl (C=O) groups excluding carboxylic acids is 2. The molecular weight excluding hydrogens is 513 g/mol. The van der Waals surface area contributed by atoms with Crippen LogP contribution in [0.3, 0.4) is 0 Å². The van der Waals surface area contributed by atoms with E-state index in [1.807, 2.05) is 12.1 Å². The second kappa shape index (κ2) is 13.4. The number of likely N-dealkylation sites (tertiary alicyclic amines) is 1. The van der Waals surface area contributed by atoms with Gasteiger partial charge in [0.25, 0.3) is 0 Å². The lowest BCUT2D eigenvalue weighted by atomic mass is 9.91. The molecule has 35 heavy (non-hydrogen) atoms. The van der Waals surface area contributed by atoms with E-state index in [0.29, 0.717) is 44.5 Å². The third kappa shape index (κ3) is 7.30. The van der Waals surface area contributed by atoms with Gasteiger partial charge in [-0.2, -0.15) is 0 Å². The lowest BCUT2D eigenvalue weighted by Gasteiger charge is -2.31. The molecular formula is C25H32Cl3N3O4. The number of hydrogen-bond acceptors (Lipinski definition) is 6. The molecule has 10 heteroatoms. The van der Waals surface area contributed by atoms with Crippen molar-refractivity contribution in [1.29, 1.82) is 0 Å². The average Bonchev–Trinajstić information content (AvgIpc) is 2.83. The van der Waals surface area contributed by atoms with E-state index >= 15 is 0 Å². The zero-order valence-electron chi connectivity index (χ0n) is 19.6. The SMILES string of the molecule is CC(=O)N1CCC(Oc2nccc(C(=O)CC[C@@H](O)[C@@H]3Cc4ccccc4CN3)c2Cl)CC1.Cl.Cl. The molecule has 2 N–H and O–H groups in total. The minimum Gasteiger partial charge on any atom is -0.473 e. The van der Waals surface area contributed by atoms with E-state index in [4.69, 9.17) is 16.3 Å². The standard InChI is InChI=1S/C25H30ClN3O4.2ClH/c1-16(30)29-12-9-19(10-13-29)33-25-24(26)20(8-11-27-25)22(31)6-7-23(32)21-14-17-4-2-3-5-18(17)15-28-21;;/h2-5,8,11,19,21,23,28,32H,6-7,9-10,12-15H2,1H3;2*1H/t21-,23+;;/m0../s1. The normalized spacial score (nSPS) is 18.5. The molecule has 2 aliphatic heterocycles. The molecule has 3 heterocycles. The molecule has 2 aliphatic rings. The topological polar surface area (TPSA) is 91.8 Å². The van der Waals surface area contributed by atoms with Crippen LogP contribution in [0.1, 0.15) is 54.1 Å². The monoisotopic (exact) mass is 543 g/mol. The molecule has 0 bridgehead atoms. The van der Waals surface area contributed by atoms with Crippen LogP contribution in [0.2, 0.25) is 5.02 Å². The second-order valence-electron chi connectivity index (χ2n) is 8.79. The largest absolute Gasteiger partial charge is 0.473 e. The first-order chi connectivity index (χ1) is 15.9. The number of ether oxygens (including phenoxy) is 1. The van der Waals surface area contributed by atoms with Gasteiger partial charge in [0.1, 0.15) is 11.1 Å². The molecule has 1 aromatic heterocycles. The van der Waals surface area contributed by atoms with Gasteiger partial charge < -0.3 is 20.1 Å². The van der Waals surface area contributed by atoms with Crippen LogP contribution in [0.5, 0.6) is 5.88 Å². The zero-order valence-corrected chi connectivity index (χ0v) is 22.0. The number of carbonyl (C=O) groups is 2. The van der Waals surface area contributed by atoms with Crippen molar-refractivity contribution in [2.24, 2.45) is 0 Å². The molecule has 1 amide bonds. The Labute approximate surface area is 223 Å². The summed E-state index contributed by atoms with van der Waals surface area (Å²) in [4.78, 5) is 30.4. The summed E-state index contributed by atoms with van der Waals surface area (Å²) in [6, 6.07) is 9.71. The highest BCUT2D eigenvalue weighted by Gasteiger charge is 2.27. The minimum absolute atomic E-state index is 0. The van der Waals surface area contributed by atoms with Crippen molar-refractivity contribution in [2.45, 2.75) is 63.8 Å². The summed E-state index contributed by atoms with van der Waals surface area (Å²) in [7, 11) is 0. The van der Waals surface area contributed by atoms with Gasteiger partial charge in [-0.05, 0) is 30.0 Å². The fourth-order valence-electron chi connectivity index (χ4n) is 4.53. The molecule has 2 aromatic rings. The molecule has 4 rings (SSSR count). The van der Waals surface area contributed by atoms with Gasteiger partial charge in [-0.1, -0.05) is 35.9 Å². The number of benzene rings is 1. The number of aromatic nitrogens is 1. The van der Waals surface area contributed by atoms with Crippen molar-refractivity contribution in [1.82, 2.24) is 15.2 Å². The molecule has 192 valence electrons. The van der Waals surface area contributed by atoms with Gasteiger partial charge in [0.15, 0.2) is 5.78 Å². The summed E-state index contributed by atoms with van der Waals surface area (Å²) in [5.41, 5.74) is 2.84. The third-order valence-corrected chi connectivity index (χ3v) is 6.93. The first kappa shape index (κ1) is 29.3. The number of piperidine rings is 1. The number of amides is 1. The summed E-state index contributed by atoms with van der Waals surface area (Å²) < 4.78 is 5.97. The van der Waals surface area contributed by atoms with Crippen molar-refractivity contribution in [3.05, 3.63) is 58.2 Å². The number of hydrogen-bond donors (Lipinski definition) is 2. The Morgan fingerprint density at radius 2 is 1.89 bits per heavy atom. The first-order valence-electron chi connectivity index (χ1n) is 11.5. The summed E-state index contributed by atoms with van der Waals surface area (Å²) in [5, 5.41) is 14.3. The summed E-state index contributed by atoms with van der Waals surface area (Å²) >= 11 is 6.47. The summed E-state index contributed by atoms with van der Waals surface area (Å²) in [6.45, 7) is 3.55. The maximum absolute atomic E-state index is 12.9. The van der Waals surface area contributed by atoms with Crippen LogP contribution in [0.15, 0.2) is 36.5 Å². The molecule has 0 aliphatic carbocycles. The Kier molecular flexibility index (Phi) is 11.2. The number of nitrogens with one attached hydrogen (secondary N) is 1. The molecule has 1 fully saturated rings. The van der Waals surface area contributed by atoms with E-state index in [9.17, 15) is 14.7 Å². The molecule has 0 radical (unpaired) electrons. The van der Waals surface area contributed by atoms with Crippen molar-refractivity contribution in [3.8, 4) is 5.88 Å². The van der Waals surface area contributed by atoms with Crippen molar-refractivity contribution < 1.29 is 19.4 Å². The maximum Gasteiger partial charge on any atom is 0.233 e. The van der Waals surface area contributed by atoms with E-state index in [2.05, 4.69) is 22.4 Å². The van der Waals surface area contributed by atoms with E-state index < -0.39 is 6.10 Å². The van der Waals surface area contributed by atoms with Gasteiger partial charge in [0.2, 0.25) is 11.8 Å². The number of Topliss-reactive ketones (excluding diaryl/α,β-unsaturated/α-hetero) is 1. The lowest BCUT2D eigenvalue weighted by molar-refractivity contribution is -0.130. The number of nitrogens with zero attached hydrogens (tertiary/aromatic N) is 2. The highest BCUT2D eigenvalue weighted by atomic mass is 35.5. The maximum atomic E-state index is 12.9.